The van der Waals surface area contributed by atoms with Crippen molar-refractivity contribution < 1.29 is 5.11 Å². The normalized spacial score (nSPS) is 15.6. The number of hydrogen-bond donors (Lipinski definition) is 1. The predicted octanol–water partition coefficient (Wildman–Crippen LogP) is 1.47. The van der Waals surface area contributed by atoms with Gasteiger partial charge in [0.2, 0.25) is 0 Å². The van der Waals surface area contributed by atoms with Crippen LogP contribution >= 0.6 is 11.3 Å². The Morgan fingerprint density at radius 2 is 2.12 bits per heavy atom. The molecule has 1 saturated carbocycles. The third kappa shape index (κ3) is 3.18. The van der Waals surface area contributed by atoms with Gasteiger partial charge in [-0.15, -0.1) is 11.3 Å². The van der Waals surface area contributed by atoms with Crippen molar-refractivity contribution in [2.24, 2.45) is 0 Å². The lowest BCUT2D eigenvalue weighted by molar-refractivity contribution is 0.184. The highest BCUT2D eigenvalue weighted by molar-refractivity contribution is 7.15. The second-order valence-electron chi connectivity index (χ2n) is 4.82. The van der Waals surface area contributed by atoms with Crippen molar-refractivity contribution >= 4 is 16.5 Å². The standard InChI is InChI=1S/C12H21N3OS/c1-9-11(17-12(13-9)14(2)3)8-15(6-7-16)10-4-5-10/h10,16H,4-8H2,1-3H3. The van der Waals surface area contributed by atoms with E-state index < -0.39 is 0 Å². The van der Waals surface area contributed by atoms with Crippen LogP contribution in [0.2, 0.25) is 0 Å². The van der Waals surface area contributed by atoms with Crippen LogP contribution in [0.1, 0.15) is 23.4 Å². The zero-order valence-corrected chi connectivity index (χ0v) is 11.6. The molecular weight excluding hydrogens is 234 g/mol. The molecule has 2 rings (SSSR count). The van der Waals surface area contributed by atoms with Crippen molar-refractivity contribution in [3.05, 3.63) is 10.6 Å². The van der Waals surface area contributed by atoms with Gasteiger partial charge < -0.3 is 10.0 Å². The highest BCUT2D eigenvalue weighted by atomic mass is 32.1. The van der Waals surface area contributed by atoms with Gasteiger partial charge in [-0.2, -0.15) is 0 Å². The zero-order chi connectivity index (χ0) is 12.4. The fourth-order valence-corrected chi connectivity index (χ4v) is 2.90. The number of thiazole rings is 1. The summed E-state index contributed by atoms with van der Waals surface area (Å²) >= 11 is 1.76. The number of anilines is 1. The maximum absolute atomic E-state index is 9.09. The van der Waals surface area contributed by atoms with E-state index in [9.17, 15) is 0 Å². The van der Waals surface area contributed by atoms with Gasteiger partial charge >= 0.3 is 0 Å². The third-order valence-corrected chi connectivity index (χ3v) is 4.37. The van der Waals surface area contributed by atoms with Gasteiger partial charge in [0.1, 0.15) is 0 Å². The molecule has 1 fully saturated rings. The Bertz CT molecular complexity index is 374. The fourth-order valence-electron chi connectivity index (χ4n) is 1.89. The van der Waals surface area contributed by atoms with Crippen molar-refractivity contribution in [3.8, 4) is 0 Å². The molecule has 17 heavy (non-hydrogen) atoms. The van der Waals surface area contributed by atoms with Crippen LogP contribution in [0.3, 0.4) is 0 Å². The summed E-state index contributed by atoms with van der Waals surface area (Å²) in [6.45, 7) is 4.03. The first-order valence-corrected chi connectivity index (χ1v) is 6.92. The molecular formula is C12H21N3OS. The summed E-state index contributed by atoms with van der Waals surface area (Å²) < 4.78 is 0. The molecule has 0 amide bonds. The van der Waals surface area contributed by atoms with Gasteiger partial charge in [0.05, 0.1) is 12.3 Å². The van der Waals surface area contributed by atoms with Crippen LogP contribution in [-0.4, -0.2) is 48.3 Å². The molecule has 0 spiro atoms. The Labute approximate surface area is 107 Å². The second kappa shape index (κ2) is 5.33. The smallest absolute Gasteiger partial charge is 0.185 e. The number of aliphatic hydroxyl groups is 1. The van der Waals surface area contributed by atoms with Gasteiger partial charge in [0.25, 0.3) is 0 Å². The van der Waals surface area contributed by atoms with E-state index in [1.165, 1.54) is 17.7 Å². The Morgan fingerprint density at radius 1 is 1.41 bits per heavy atom. The SMILES string of the molecule is Cc1nc(N(C)C)sc1CN(CCO)C1CC1. The highest BCUT2D eigenvalue weighted by Gasteiger charge is 2.29. The molecule has 0 unspecified atom stereocenters. The Kier molecular flexibility index (Phi) is 4.01. The van der Waals surface area contributed by atoms with Crippen LogP contribution in [-0.2, 0) is 6.54 Å². The average molecular weight is 255 g/mol. The van der Waals surface area contributed by atoms with Gasteiger partial charge in [-0.05, 0) is 19.8 Å². The molecule has 4 nitrogen and oxygen atoms in total. The van der Waals surface area contributed by atoms with E-state index in [2.05, 4.69) is 21.7 Å². The number of hydrogen-bond acceptors (Lipinski definition) is 5. The molecule has 1 N–H and O–H groups in total. The van der Waals surface area contributed by atoms with E-state index in [0.717, 1.165) is 23.9 Å². The average Bonchev–Trinajstić information content (AvgIpc) is 3.04. The van der Waals surface area contributed by atoms with E-state index >= 15 is 0 Å². The summed E-state index contributed by atoms with van der Waals surface area (Å²) in [5.41, 5.74) is 1.13. The van der Waals surface area contributed by atoms with Crippen LogP contribution in [0.5, 0.6) is 0 Å². The van der Waals surface area contributed by atoms with E-state index in [0.29, 0.717) is 6.04 Å². The summed E-state index contributed by atoms with van der Waals surface area (Å²) in [4.78, 5) is 10.3. The molecule has 5 heteroatoms. The number of aryl methyl sites for hydroxylation is 1. The van der Waals surface area contributed by atoms with Crippen LogP contribution in [0.4, 0.5) is 5.13 Å². The summed E-state index contributed by atoms with van der Waals surface area (Å²) in [5.74, 6) is 0. The molecule has 1 aliphatic rings. The molecule has 1 aliphatic carbocycles. The van der Waals surface area contributed by atoms with Crippen LogP contribution < -0.4 is 4.90 Å². The van der Waals surface area contributed by atoms with Crippen LogP contribution in [0.25, 0.3) is 0 Å². The molecule has 0 atom stereocenters. The predicted molar refractivity (Wildman–Crippen MR) is 71.7 cm³/mol. The van der Waals surface area contributed by atoms with Crippen LogP contribution in [0, 0.1) is 6.92 Å². The number of aliphatic hydroxyl groups excluding tert-OH is 1. The van der Waals surface area contributed by atoms with E-state index in [1.807, 2.05) is 14.1 Å². The largest absolute Gasteiger partial charge is 0.395 e. The number of nitrogens with zero attached hydrogens (tertiary/aromatic N) is 3. The molecule has 0 aromatic carbocycles. The molecule has 0 saturated heterocycles. The molecule has 0 aliphatic heterocycles. The Hall–Kier alpha value is -0.650. The Morgan fingerprint density at radius 3 is 2.59 bits per heavy atom. The summed E-state index contributed by atoms with van der Waals surface area (Å²) in [6.07, 6.45) is 2.55. The lowest BCUT2D eigenvalue weighted by Crippen LogP contribution is -2.28. The molecule has 1 aromatic heterocycles. The molecule has 1 heterocycles. The van der Waals surface area contributed by atoms with Gasteiger partial charge in [0, 0.05) is 38.1 Å². The van der Waals surface area contributed by atoms with E-state index in [1.54, 1.807) is 11.3 Å². The first-order chi connectivity index (χ1) is 8.11. The minimum absolute atomic E-state index is 0.245. The second-order valence-corrected chi connectivity index (χ2v) is 5.89. The van der Waals surface area contributed by atoms with Crippen molar-refractivity contribution in [2.45, 2.75) is 32.4 Å². The zero-order valence-electron chi connectivity index (χ0n) is 10.8. The molecule has 96 valence electrons. The fraction of sp³-hybridized carbons (Fsp3) is 0.750. The first kappa shape index (κ1) is 12.8. The number of rotatable bonds is 6. The first-order valence-electron chi connectivity index (χ1n) is 6.10. The minimum atomic E-state index is 0.245. The van der Waals surface area contributed by atoms with Gasteiger partial charge in [0.15, 0.2) is 5.13 Å². The minimum Gasteiger partial charge on any atom is -0.395 e. The van der Waals surface area contributed by atoms with Crippen molar-refractivity contribution in [2.75, 3.05) is 32.1 Å². The number of aromatic nitrogens is 1. The summed E-state index contributed by atoms with van der Waals surface area (Å²) in [5, 5.41) is 10.2. The molecule has 1 aromatic rings. The van der Waals surface area contributed by atoms with Crippen molar-refractivity contribution in [1.82, 2.24) is 9.88 Å². The van der Waals surface area contributed by atoms with Gasteiger partial charge in [-0.1, -0.05) is 0 Å². The molecule has 0 radical (unpaired) electrons. The highest BCUT2D eigenvalue weighted by Crippen LogP contribution is 2.31. The lowest BCUT2D eigenvalue weighted by Gasteiger charge is -2.19. The topological polar surface area (TPSA) is 39.6 Å². The monoisotopic (exact) mass is 255 g/mol. The van der Waals surface area contributed by atoms with Gasteiger partial charge in [-0.25, -0.2) is 4.98 Å². The molecule has 0 bridgehead atoms. The van der Waals surface area contributed by atoms with Crippen molar-refractivity contribution in [3.63, 3.8) is 0 Å². The Balaban J connectivity index is 2.05. The van der Waals surface area contributed by atoms with Crippen LogP contribution in [0.15, 0.2) is 0 Å². The summed E-state index contributed by atoms with van der Waals surface area (Å²) in [6, 6.07) is 0.687. The third-order valence-electron chi connectivity index (χ3n) is 3.06. The van der Waals surface area contributed by atoms with Crippen molar-refractivity contribution in [1.29, 1.82) is 0 Å². The van der Waals surface area contributed by atoms with E-state index in [4.69, 9.17) is 5.11 Å². The quantitative estimate of drug-likeness (QED) is 0.835. The summed E-state index contributed by atoms with van der Waals surface area (Å²) in [7, 11) is 4.04. The maximum Gasteiger partial charge on any atom is 0.185 e. The van der Waals surface area contributed by atoms with E-state index in [-0.39, 0.29) is 6.61 Å². The lowest BCUT2D eigenvalue weighted by atomic mass is 10.3. The van der Waals surface area contributed by atoms with Gasteiger partial charge in [-0.3, -0.25) is 4.90 Å². The maximum atomic E-state index is 9.09.